The summed E-state index contributed by atoms with van der Waals surface area (Å²) in [5.74, 6) is -1.09. The van der Waals surface area contributed by atoms with Crippen LogP contribution in [0.2, 0.25) is 0 Å². The fraction of sp³-hybridized carbons (Fsp3) is 0.333. The van der Waals surface area contributed by atoms with Gasteiger partial charge in [-0.3, -0.25) is 9.59 Å². The molecule has 178 valence electrons. The number of hydrogen-bond acceptors (Lipinski definition) is 5. The molecule has 0 aromatic heterocycles. The number of benzene rings is 2. The van der Waals surface area contributed by atoms with Crippen LogP contribution in [-0.4, -0.2) is 62.6 Å². The fourth-order valence-electron chi connectivity index (χ4n) is 4.50. The lowest BCUT2D eigenvalue weighted by atomic mass is 9.95. The number of ketones is 1. The normalized spacial score (nSPS) is 20.5. The number of hydrogen-bond donors (Lipinski definition) is 1. The van der Waals surface area contributed by atoms with E-state index in [2.05, 4.69) is 6.58 Å². The van der Waals surface area contributed by atoms with Crippen molar-refractivity contribution >= 4 is 17.4 Å². The van der Waals surface area contributed by atoms with Crippen LogP contribution < -0.4 is 14.7 Å². The third kappa shape index (κ3) is 5.21. The first-order valence-corrected chi connectivity index (χ1v) is 11.7. The van der Waals surface area contributed by atoms with Crippen LogP contribution >= 0.6 is 0 Å². The van der Waals surface area contributed by atoms with E-state index in [4.69, 9.17) is 9.47 Å². The molecule has 1 N–H and O–H groups in total. The van der Waals surface area contributed by atoms with Crippen LogP contribution in [0.4, 0.5) is 0 Å². The van der Waals surface area contributed by atoms with Gasteiger partial charge in [-0.25, -0.2) is 0 Å². The molecule has 34 heavy (non-hydrogen) atoms. The van der Waals surface area contributed by atoms with E-state index in [0.717, 1.165) is 39.3 Å². The van der Waals surface area contributed by atoms with Gasteiger partial charge in [0.05, 0.1) is 25.8 Å². The molecule has 4 rings (SSSR count). The number of carbonyl (C=O) groups excluding carboxylic acids is 2. The number of nitrogens with one attached hydrogen (secondary N) is 1. The van der Waals surface area contributed by atoms with E-state index in [0.29, 0.717) is 30.0 Å². The number of Topliss-reactive ketones (excluding diaryl/α,β-unsaturated/α-hetero) is 1. The summed E-state index contributed by atoms with van der Waals surface area (Å²) in [7, 11) is 0. The molecule has 2 fully saturated rings. The number of morpholine rings is 1. The quantitative estimate of drug-likeness (QED) is 0.258. The Morgan fingerprint density at radius 3 is 2.50 bits per heavy atom. The SMILES string of the molecule is C=CCOc1ccc(C2C(=C([O-])c3ccccc3)C(=O)C(=O)N2CCC[NH+]2CCOCC2)cc1. The zero-order valence-electron chi connectivity index (χ0n) is 19.2. The number of carbonyl (C=O) groups is 2. The van der Waals surface area contributed by atoms with E-state index in [1.165, 1.54) is 4.90 Å². The van der Waals surface area contributed by atoms with Gasteiger partial charge in [0.25, 0.3) is 5.91 Å². The van der Waals surface area contributed by atoms with Crippen LogP contribution in [0.3, 0.4) is 0 Å². The van der Waals surface area contributed by atoms with Gasteiger partial charge in [0.2, 0.25) is 5.78 Å². The molecule has 0 bridgehead atoms. The van der Waals surface area contributed by atoms with Crippen molar-refractivity contribution in [2.75, 3.05) is 46.0 Å². The van der Waals surface area contributed by atoms with Gasteiger partial charge in [0.15, 0.2) is 0 Å². The molecular formula is C27H30N2O5. The highest BCUT2D eigenvalue weighted by molar-refractivity contribution is 6.46. The van der Waals surface area contributed by atoms with Crippen LogP contribution in [0.15, 0.2) is 72.8 Å². The average Bonchev–Trinajstić information content (AvgIpc) is 3.13. The second kappa shape index (κ2) is 11.1. The molecule has 1 unspecified atom stereocenters. The summed E-state index contributed by atoms with van der Waals surface area (Å²) in [5.41, 5.74) is 1.12. The summed E-state index contributed by atoms with van der Waals surface area (Å²) < 4.78 is 11.0. The van der Waals surface area contributed by atoms with E-state index in [9.17, 15) is 14.7 Å². The molecular weight excluding hydrogens is 432 g/mol. The standard InChI is InChI=1S/C27H30N2O5/c1-2-17-34-22-11-9-20(10-12-22)24-23(25(30)21-7-4-3-5-8-21)26(31)27(32)29(24)14-6-13-28-15-18-33-19-16-28/h2-5,7-12,24,30H,1,6,13-19H2. The van der Waals surface area contributed by atoms with E-state index in [1.807, 2.05) is 18.2 Å². The van der Waals surface area contributed by atoms with Crippen molar-refractivity contribution in [2.24, 2.45) is 0 Å². The van der Waals surface area contributed by atoms with Crippen molar-refractivity contribution < 1.29 is 29.1 Å². The van der Waals surface area contributed by atoms with Gasteiger partial charge in [0.1, 0.15) is 25.4 Å². The Labute approximate surface area is 199 Å². The van der Waals surface area contributed by atoms with Crippen LogP contribution in [0, 0.1) is 0 Å². The molecule has 1 atom stereocenters. The number of amides is 1. The van der Waals surface area contributed by atoms with Gasteiger partial charge in [-0.15, -0.1) is 0 Å². The third-order valence-electron chi connectivity index (χ3n) is 6.26. The predicted octanol–water partition coefficient (Wildman–Crippen LogP) is 0.781. The van der Waals surface area contributed by atoms with Gasteiger partial charge in [-0.05, 0) is 23.3 Å². The maximum absolute atomic E-state index is 13.4. The van der Waals surface area contributed by atoms with Gasteiger partial charge < -0.3 is 24.4 Å². The Kier molecular flexibility index (Phi) is 7.77. The highest BCUT2D eigenvalue weighted by atomic mass is 16.5. The predicted molar refractivity (Wildman–Crippen MR) is 126 cm³/mol. The molecule has 2 aromatic rings. The lowest BCUT2D eigenvalue weighted by Crippen LogP contribution is -3.14. The van der Waals surface area contributed by atoms with Crippen LogP contribution in [0.25, 0.3) is 5.76 Å². The average molecular weight is 463 g/mol. The van der Waals surface area contributed by atoms with E-state index in [-0.39, 0.29) is 5.57 Å². The molecule has 2 aromatic carbocycles. The van der Waals surface area contributed by atoms with E-state index < -0.39 is 23.5 Å². The highest BCUT2D eigenvalue weighted by Gasteiger charge is 2.44. The number of quaternary nitrogens is 1. The number of likely N-dealkylation sites (tertiary alicyclic amines) is 1. The summed E-state index contributed by atoms with van der Waals surface area (Å²) in [4.78, 5) is 29.1. The zero-order chi connectivity index (χ0) is 23.9. The Morgan fingerprint density at radius 2 is 1.82 bits per heavy atom. The second-order valence-corrected chi connectivity index (χ2v) is 8.47. The summed E-state index contributed by atoms with van der Waals surface area (Å²) in [6, 6.07) is 15.1. The minimum absolute atomic E-state index is 0.00896. The molecule has 2 aliphatic heterocycles. The zero-order valence-corrected chi connectivity index (χ0v) is 19.2. The van der Waals surface area contributed by atoms with E-state index >= 15 is 0 Å². The van der Waals surface area contributed by atoms with Gasteiger partial charge in [0, 0.05) is 18.5 Å². The monoisotopic (exact) mass is 462 g/mol. The first-order chi connectivity index (χ1) is 16.6. The maximum Gasteiger partial charge on any atom is 0.295 e. The molecule has 0 aliphatic carbocycles. The Hall–Kier alpha value is -3.42. The molecule has 2 aliphatic rings. The Balaban J connectivity index is 1.64. The summed E-state index contributed by atoms with van der Waals surface area (Å²) in [5, 5.41) is 13.4. The van der Waals surface area contributed by atoms with Gasteiger partial charge in [-0.1, -0.05) is 60.9 Å². The molecule has 1 amide bonds. The topological polar surface area (TPSA) is 83.3 Å². The lowest BCUT2D eigenvalue weighted by molar-refractivity contribution is -0.908. The fourth-order valence-corrected chi connectivity index (χ4v) is 4.50. The number of rotatable bonds is 9. The molecule has 0 saturated carbocycles. The molecule has 0 spiro atoms. The Bertz CT molecular complexity index is 1040. The lowest BCUT2D eigenvalue weighted by Gasteiger charge is -2.29. The van der Waals surface area contributed by atoms with Crippen molar-refractivity contribution in [3.05, 3.63) is 84.0 Å². The van der Waals surface area contributed by atoms with Gasteiger partial charge in [-0.2, -0.15) is 0 Å². The molecule has 7 heteroatoms. The van der Waals surface area contributed by atoms with Crippen molar-refractivity contribution in [1.29, 1.82) is 0 Å². The van der Waals surface area contributed by atoms with Crippen molar-refractivity contribution in [3.8, 4) is 5.75 Å². The van der Waals surface area contributed by atoms with Crippen molar-refractivity contribution in [1.82, 2.24) is 4.90 Å². The van der Waals surface area contributed by atoms with Crippen LogP contribution in [-0.2, 0) is 14.3 Å². The second-order valence-electron chi connectivity index (χ2n) is 8.47. The summed E-state index contributed by atoms with van der Waals surface area (Å²) >= 11 is 0. The minimum atomic E-state index is -0.721. The molecule has 2 heterocycles. The maximum atomic E-state index is 13.4. The third-order valence-corrected chi connectivity index (χ3v) is 6.26. The number of ether oxygens (including phenoxy) is 2. The minimum Gasteiger partial charge on any atom is -0.872 e. The van der Waals surface area contributed by atoms with E-state index in [1.54, 1.807) is 47.4 Å². The Morgan fingerprint density at radius 1 is 1.12 bits per heavy atom. The summed E-state index contributed by atoms with van der Waals surface area (Å²) in [6.45, 7) is 8.66. The molecule has 7 nitrogen and oxygen atoms in total. The highest BCUT2D eigenvalue weighted by Crippen LogP contribution is 2.39. The molecule has 0 radical (unpaired) electrons. The van der Waals surface area contributed by atoms with Crippen LogP contribution in [0.1, 0.15) is 23.6 Å². The van der Waals surface area contributed by atoms with Crippen molar-refractivity contribution in [3.63, 3.8) is 0 Å². The first kappa shape index (κ1) is 23.7. The molecule has 2 saturated heterocycles. The van der Waals surface area contributed by atoms with Crippen molar-refractivity contribution in [2.45, 2.75) is 12.5 Å². The van der Waals surface area contributed by atoms with Crippen LogP contribution in [0.5, 0.6) is 5.75 Å². The summed E-state index contributed by atoms with van der Waals surface area (Å²) in [6.07, 6.45) is 2.39. The largest absolute Gasteiger partial charge is 0.872 e. The first-order valence-electron chi connectivity index (χ1n) is 11.7. The smallest absolute Gasteiger partial charge is 0.295 e. The van der Waals surface area contributed by atoms with Gasteiger partial charge >= 0.3 is 0 Å². The number of nitrogens with zero attached hydrogens (tertiary/aromatic N) is 1.